The molecule has 0 saturated heterocycles. The van der Waals surface area contributed by atoms with Gasteiger partial charge in [-0.25, -0.2) is 0 Å². The summed E-state index contributed by atoms with van der Waals surface area (Å²) >= 11 is 0. The van der Waals surface area contributed by atoms with Gasteiger partial charge in [0.25, 0.3) is 0 Å². The van der Waals surface area contributed by atoms with Crippen molar-refractivity contribution in [2.45, 2.75) is 38.5 Å². The first kappa shape index (κ1) is 72.9. The van der Waals surface area contributed by atoms with E-state index >= 15 is 0 Å². The summed E-state index contributed by atoms with van der Waals surface area (Å²) in [4.78, 5) is 0. The molecule has 18 aromatic carbocycles. The van der Waals surface area contributed by atoms with E-state index < -0.39 is 0 Å². The number of rotatable bonds is 12. The predicted molar refractivity (Wildman–Crippen MR) is 543 cm³/mol. The summed E-state index contributed by atoms with van der Waals surface area (Å²) in [5.41, 5.74) is 38.9. The van der Waals surface area contributed by atoms with Crippen molar-refractivity contribution in [3.63, 3.8) is 0 Å². The number of para-hydroxylation sites is 9. The van der Waals surface area contributed by atoms with Crippen molar-refractivity contribution >= 4 is 143 Å². The molecule has 0 radical (unpaired) electrons. The van der Waals surface area contributed by atoms with Crippen LogP contribution in [0.1, 0.15) is 61.0 Å². The summed E-state index contributed by atoms with van der Waals surface area (Å²) in [5, 5.41) is 14.7. The zero-order chi connectivity index (χ0) is 84.8. The molecule has 0 aliphatic heterocycles. The van der Waals surface area contributed by atoms with Gasteiger partial charge in [-0.15, -0.1) is 0 Å². The number of aromatic nitrogens is 7. The Morgan fingerprint density at radius 3 is 0.992 bits per heavy atom. The van der Waals surface area contributed by atoms with Crippen LogP contribution in [0.3, 0.4) is 0 Å². The van der Waals surface area contributed by atoms with Crippen molar-refractivity contribution in [1.82, 2.24) is 32.0 Å². The molecule has 2 unspecified atom stereocenters. The lowest BCUT2D eigenvalue weighted by Crippen LogP contribution is -2.05. The van der Waals surface area contributed by atoms with Gasteiger partial charge in [0.15, 0.2) is 0 Å². The van der Waals surface area contributed by atoms with E-state index in [-0.39, 0.29) is 0 Å². The summed E-state index contributed by atoms with van der Waals surface area (Å²) in [7, 11) is 0. The fourth-order valence-corrected chi connectivity index (χ4v) is 22.8. The van der Waals surface area contributed by atoms with Gasteiger partial charge in [0, 0.05) is 116 Å². The minimum absolute atomic E-state index is 0.450. The van der Waals surface area contributed by atoms with Crippen molar-refractivity contribution in [2.24, 2.45) is 0 Å². The van der Waals surface area contributed by atoms with Gasteiger partial charge < -0.3 is 32.0 Å². The Morgan fingerprint density at radius 1 is 0.186 bits per heavy atom. The first-order valence-electron chi connectivity index (χ1n) is 45.2. The van der Waals surface area contributed by atoms with E-state index in [9.17, 15) is 0 Å². The first-order chi connectivity index (χ1) is 63.9. The van der Waals surface area contributed by atoms with Crippen molar-refractivity contribution in [3.8, 4) is 95.4 Å². The lowest BCUT2D eigenvalue weighted by Gasteiger charge is -2.21. The third-order valence-electron chi connectivity index (χ3n) is 28.4. The van der Waals surface area contributed by atoms with Crippen molar-refractivity contribution < 1.29 is 0 Å². The van der Waals surface area contributed by atoms with Gasteiger partial charge in [0.05, 0.1) is 77.6 Å². The Kier molecular flexibility index (Phi) is 16.1. The lowest BCUT2D eigenvalue weighted by atomic mass is 9.82. The topological polar surface area (TPSA) is 34.5 Å². The minimum Gasteiger partial charge on any atom is -0.310 e. The third kappa shape index (κ3) is 10.9. The van der Waals surface area contributed by atoms with E-state index in [1.54, 1.807) is 0 Å². The molecule has 7 aromatic heterocycles. The maximum absolute atomic E-state index is 2.57. The van der Waals surface area contributed by atoms with Gasteiger partial charge in [0.1, 0.15) is 0 Å². The average molecular weight is 1650 g/mol. The summed E-state index contributed by atoms with van der Waals surface area (Å²) in [6.07, 6.45) is 11.6. The van der Waals surface area contributed by atoms with Gasteiger partial charge in [0.2, 0.25) is 0 Å². The van der Waals surface area contributed by atoms with Gasteiger partial charge in [-0.2, -0.15) is 0 Å². The number of nitrogens with zero attached hydrogens (tertiary/aromatic N) is 7. The standard InChI is InChI=1S/C122H83N7/c1-76-26-21-50-113-119(76)120-77(2)27-22-51-114(120)125(113)86-64-56-79(57-65-86)89-69-60-82(90-39-24-52-115-121(90)100-37-10-19-48-110(100)123(115)84-66-58-80(59-67-84)102-75-88(127-106-44-15-5-32-94(106)95-33-6-16-45-107(95)127)68-71-112(102)128-108-46-17-8-34-96(108)97-35-9-18-47-109(97)128)73-117(89)129-111-49-20-11-38-101(111)122-91(40-25-53-116(122)129)83-61-70-99-98-36-7-12-41-103(98)124(118(99)74-83)85-62-54-78(55-63-85)81-28-23-29-87(72-81)126-104-42-13-3-30-92(104)93-31-4-14-43-105(93)126/h3-25,28-77H,26-27H2,1-2H3. The molecule has 2 atom stereocenters. The highest BCUT2D eigenvalue weighted by Gasteiger charge is 2.32. The van der Waals surface area contributed by atoms with Crippen molar-refractivity contribution in [3.05, 3.63) is 441 Å². The number of fused-ring (bicyclic) bond motifs is 21. The van der Waals surface area contributed by atoms with Crippen LogP contribution in [0.4, 0.5) is 0 Å². The van der Waals surface area contributed by atoms with Crippen LogP contribution in [0, 0.1) is 0 Å². The van der Waals surface area contributed by atoms with E-state index in [0.717, 1.165) is 119 Å². The predicted octanol–water partition coefficient (Wildman–Crippen LogP) is 32.4. The number of hydrogen-bond acceptors (Lipinski definition) is 0. The highest BCUT2D eigenvalue weighted by molar-refractivity contribution is 6.20. The number of benzene rings is 18. The van der Waals surface area contributed by atoms with Crippen LogP contribution in [0.2, 0.25) is 0 Å². The van der Waals surface area contributed by atoms with Crippen molar-refractivity contribution in [1.29, 1.82) is 0 Å². The third-order valence-corrected chi connectivity index (χ3v) is 28.4. The number of hydrogen-bond donors (Lipinski definition) is 0. The SMILES string of the molecule is CC1CC=Cc2c1c1c(n2-c2ccc(-c3ccc(-c4cccc5c4c4ccccc4n5-c4ccc(-c5cc(-n6c7ccccc7c7ccccc76)ccc5-n5c6ccccc6c6ccccc65)cc4)cc3-n3c4ccccc4c4c(-c5ccc6c7ccccc7n(-c7ccc(-c8cccc(-n9c%10ccccc%10c%10ccccc%109)c8)cc7)c6c5)cccc43)cc2)C=CCC1C. The molecular formula is C122H83N7. The zero-order valence-corrected chi connectivity index (χ0v) is 71.2. The highest BCUT2D eigenvalue weighted by Crippen LogP contribution is 2.50. The molecule has 7 heterocycles. The van der Waals surface area contributed by atoms with Gasteiger partial charge >= 0.3 is 0 Å². The summed E-state index contributed by atoms with van der Waals surface area (Å²) in [6.45, 7) is 4.82. The molecule has 0 fully saturated rings. The number of allylic oxidation sites excluding steroid dienone is 2. The fourth-order valence-electron chi connectivity index (χ4n) is 22.8. The molecule has 0 bridgehead atoms. The lowest BCUT2D eigenvalue weighted by molar-refractivity contribution is 0.713. The molecule has 2 aliphatic carbocycles. The van der Waals surface area contributed by atoms with Crippen LogP contribution in [-0.2, 0) is 0 Å². The Labute approximate surface area is 744 Å². The van der Waals surface area contributed by atoms with Crippen LogP contribution in [-0.4, -0.2) is 32.0 Å². The normalized spacial score (nSPS) is 14.0. The Hall–Kier alpha value is -16.5. The van der Waals surface area contributed by atoms with E-state index in [0.29, 0.717) is 11.8 Å². The van der Waals surface area contributed by atoms with E-state index in [1.165, 1.54) is 143 Å². The fraction of sp³-hybridized carbons (Fsp3) is 0.0492. The second-order valence-corrected chi connectivity index (χ2v) is 35.4. The molecule has 0 N–H and O–H groups in total. The van der Waals surface area contributed by atoms with E-state index in [4.69, 9.17) is 0 Å². The van der Waals surface area contributed by atoms with Crippen LogP contribution < -0.4 is 0 Å². The molecule has 129 heavy (non-hydrogen) atoms. The highest BCUT2D eigenvalue weighted by atomic mass is 15.0. The minimum atomic E-state index is 0.450. The molecule has 2 aliphatic rings. The van der Waals surface area contributed by atoms with Crippen LogP contribution in [0.15, 0.2) is 419 Å². The zero-order valence-electron chi connectivity index (χ0n) is 71.2. The van der Waals surface area contributed by atoms with Crippen LogP contribution >= 0.6 is 0 Å². The van der Waals surface area contributed by atoms with Gasteiger partial charge in [-0.1, -0.05) is 287 Å². The van der Waals surface area contributed by atoms with Gasteiger partial charge in [-0.05, 0) is 238 Å². The summed E-state index contributed by atoms with van der Waals surface area (Å²) in [5.74, 6) is 0.901. The Morgan fingerprint density at radius 2 is 0.512 bits per heavy atom. The molecule has 7 heteroatoms. The monoisotopic (exact) mass is 1650 g/mol. The molecule has 27 rings (SSSR count). The second-order valence-electron chi connectivity index (χ2n) is 35.4. The molecular weight excluding hydrogens is 1560 g/mol. The molecule has 0 amide bonds. The molecule has 0 saturated carbocycles. The van der Waals surface area contributed by atoms with Crippen LogP contribution in [0.25, 0.3) is 238 Å². The first-order valence-corrected chi connectivity index (χ1v) is 45.2. The Bertz CT molecular complexity index is 8880. The van der Waals surface area contributed by atoms with Crippen molar-refractivity contribution in [2.75, 3.05) is 0 Å². The quantitative estimate of drug-likeness (QED) is 0.117. The molecule has 606 valence electrons. The maximum Gasteiger partial charge on any atom is 0.0547 e. The molecule has 0 spiro atoms. The molecule has 25 aromatic rings. The van der Waals surface area contributed by atoms with Gasteiger partial charge in [-0.3, -0.25) is 0 Å². The van der Waals surface area contributed by atoms with Crippen LogP contribution in [0.5, 0.6) is 0 Å². The summed E-state index contributed by atoms with van der Waals surface area (Å²) < 4.78 is 17.4. The largest absolute Gasteiger partial charge is 0.310 e. The average Bonchev–Trinajstić information content (AvgIpc) is 1.54. The smallest absolute Gasteiger partial charge is 0.0547 e. The summed E-state index contributed by atoms with van der Waals surface area (Å²) in [6, 6.07) is 152. The van der Waals surface area contributed by atoms with E-state index in [2.05, 4.69) is 477 Å². The maximum atomic E-state index is 2.57. The van der Waals surface area contributed by atoms with E-state index in [1.807, 2.05) is 0 Å². The Balaban J connectivity index is 0.612. The molecule has 7 nitrogen and oxygen atoms in total. The second kappa shape index (κ2) is 28.5.